The lowest BCUT2D eigenvalue weighted by Gasteiger charge is -2.14. The number of hydrogen-bond donors (Lipinski definition) is 0. The SMILES string of the molecule is C#CCN(SF)c1ccccc1. The second-order valence-corrected chi connectivity index (χ2v) is 2.72. The fourth-order valence-electron chi connectivity index (χ4n) is 0.833. The molecule has 0 N–H and O–H groups in total. The molecule has 0 saturated heterocycles. The van der Waals surface area contributed by atoms with E-state index < -0.39 is 0 Å². The van der Waals surface area contributed by atoms with E-state index in [1.807, 2.05) is 30.3 Å². The van der Waals surface area contributed by atoms with E-state index in [4.69, 9.17) is 6.42 Å². The molecule has 1 aromatic rings. The third kappa shape index (κ3) is 2.18. The molecule has 1 aromatic carbocycles. The van der Waals surface area contributed by atoms with Crippen molar-refractivity contribution < 1.29 is 3.89 Å². The first-order valence-corrected chi connectivity index (χ1v) is 4.10. The van der Waals surface area contributed by atoms with Crippen molar-refractivity contribution in [3.8, 4) is 12.3 Å². The van der Waals surface area contributed by atoms with Gasteiger partial charge >= 0.3 is 0 Å². The number of terminal acetylenes is 1. The monoisotopic (exact) mass is 181 g/mol. The van der Waals surface area contributed by atoms with Crippen molar-refractivity contribution in [2.45, 2.75) is 0 Å². The number of hydrogen-bond acceptors (Lipinski definition) is 2. The Morgan fingerprint density at radius 1 is 1.42 bits per heavy atom. The Kier molecular flexibility index (Phi) is 3.49. The first kappa shape index (κ1) is 8.95. The van der Waals surface area contributed by atoms with Gasteiger partial charge in [0.2, 0.25) is 0 Å². The third-order valence-corrected chi connectivity index (χ3v) is 1.87. The fraction of sp³-hybridized carbons (Fsp3) is 0.111. The summed E-state index contributed by atoms with van der Waals surface area (Å²) in [7, 11) is 0. The Bertz CT molecular complexity index is 268. The third-order valence-electron chi connectivity index (χ3n) is 1.36. The van der Waals surface area contributed by atoms with Crippen molar-refractivity contribution in [1.29, 1.82) is 0 Å². The predicted octanol–water partition coefficient (Wildman–Crippen LogP) is 2.66. The topological polar surface area (TPSA) is 3.24 Å². The molecule has 0 aromatic heterocycles. The molecule has 0 bridgehead atoms. The van der Waals surface area contributed by atoms with Crippen LogP contribution in [-0.2, 0) is 0 Å². The first-order chi connectivity index (χ1) is 5.88. The minimum Gasteiger partial charge on any atom is -0.277 e. The van der Waals surface area contributed by atoms with Crippen LogP contribution >= 0.6 is 12.3 Å². The van der Waals surface area contributed by atoms with Gasteiger partial charge in [0.25, 0.3) is 0 Å². The fourth-order valence-corrected chi connectivity index (χ4v) is 1.16. The largest absolute Gasteiger partial charge is 0.277 e. The van der Waals surface area contributed by atoms with Crippen molar-refractivity contribution in [3.63, 3.8) is 0 Å². The van der Waals surface area contributed by atoms with Gasteiger partial charge in [0, 0.05) is 0 Å². The van der Waals surface area contributed by atoms with Crippen LogP contribution < -0.4 is 4.31 Å². The normalized spacial score (nSPS) is 9.00. The van der Waals surface area contributed by atoms with E-state index in [-0.39, 0.29) is 18.9 Å². The second kappa shape index (κ2) is 4.68. The highest BCUT2D eigenvalue weighted by molar-refractivity contribution is 7.95. The van der Waals surface area contributed by atoms with Crippen molar-refractivity contribution in [1.82, 2.24) is 0 Å². The van der Waals surface area contributed by atoms with Crippen molar-refractivity contribution >= 4 is 18.0 Å². The lowest BCUT2D eigenvalue weighted by Crippen LogP contribution is -2.11. The van der Waals surface area contributed by atoms with E-state index in [9.17, 15) is 3.89 Å². The van der Waals surface area contributed by atoms with Crippen LogP contribution in [0.3, 0.4) is 0 Å². The smallest absolute Gasteiger partial charge is 0.166 e. The van der Waals surface area contributed by atoms with Gasteiger partial charge < -0.3 is 0 Å². The van der Waals surface area contributed by atoms with Crippen molar-refractivity contribution in [2.75, 3.05) is 10.8 Å². The van der Waals surface area contributed by atoms with Gasteiger partial charge in [-0.3, -0.25) is 4.31 Å². The summed E-state index contributed by atoms with van der Waals surface area (Å²) < 4.78 is 13.7. The lowest BCUT2D eigenvalue weighted by atomic mass is 10.3. The Morgan fingerprint density at radius 2 is 2.08 bits per heavy atom. The number of nitrogens with zero attached hydrogens (tertiary/aromatic N) is 1. The molecule has 0 fully saturated rings. The summed E-state index contributed by atoms with van der Waals surface area (Å²) in [6.45, 7) is 0.269. The zero-order valence-corrected chi connectivity index (χ0v) is 7.22. The quantitative estimate of drug-likeness (QED) is 0.521. The molecule has 0 heterocycles. The first-order valence-electron chi connectivity index (χ1n) is 3.43. The Morgan fingerprint density at radius 3 is 2.58 bits per heavy atom. The van der Waals surface area contributed by atoms with Gasteiger partial charge in [-0.2, -0.15) is 0 Å². The number of rotatable bonds is 3. The molecular weight excluding hydrogens is 173 g/mol. The molecule has 1 rings (SSSR count). The standard InChI is InChI=1S/C9H8FNS/c1-2-8-11(12-10)9-6-4-3-5-7-9/h1,3-7H,8H2. The summed E-state index contributed by atoms with van der Waals surface area (Å²) in [6, 6.07) is 9.18. The van der Waals surface area contributed by atoms with E-state index in [2.05, 4.69) is 5.92 Å². The molecule has 1 nitrogen and oxygen atoms in total. The molecule has 0 atom stereocenters. The molecule has 0 aliphatic carbocycles. The average molecular weight is 181 g/mol. The van der Waals surface area contributed by atoms with Crippen LogP contribution in [-0.4, -0.2) is 6.54 Å². The summed E-state index contributed by atoms with van der Waals surface area (Å²) in [4.78, 5) is 0. The highest BCUT2D eigenvalue weighted by Crippen LogP contribution is 2.21. The zero-order chi connectivity index (χ0) is 8.81. The summed E-state index contributed by atoms with van der Waals surface area (Å²) in [5.74, 6) is 2.38. The second-order valence-electron chi connectivity index (χ2n) is 2.15. The van der Waals surface area contributed by atoms with Crippen molar-refractivity contribution in [2.24, 2.45) is 0 Å². The van der Waals surface area contributed by atoms with Gasteiger partial charge in [-0.15, -0.1) is 10.3 Å². The summed E-state index contributed by atoms with van der Waals surface area (Å²) in [6.07, 6.45) is 5.07. The van der Waals surface area contributed by atoms with Gasteiger partial charge in [0.05, 0.1) is 12.2 Å². The number of halogens is 1. The molecule has 0 radical (unpaired) electrons. The maximum atomic E-state index is 12.3. The van der Waals surface area contributed by atoms with Gasteiger partial charge in [-0.25, -0.2) is 0 Å². The van der Waals surface area contributed by atoms with Gasteiger partial charge in [-0.1, -0.05) is 24.1 Å². The number of para-hydroxylation sites is 1. The van der Waals surface area contributed by atoms with E-state index in [1.165, 1.54) is 4.31 Å². The highest BCUT2D eigenvalue weighted by atomic mass is 32.2. The predicted molar refractivity (Wildman–Crippen MR) is 51.3 cm³/mol. The molecule has 0 aliphatic rings. The molecule has 0 spiro atoms. The van der Waals surface area contributed by atoms with Crippen LogP contribution in [0.5, 0.6) is 0 Å². The molecule has 0 amide bonds. The summed E-state index contributed by atoms with van der Waals surface area (Å²) in [5.41, 5.74) is 0.781. The van der Waals surface area contributed by atoms with Crippen LogP contribution in [0, 0.1) is 12.3 Å². The van der Waals surface area contributed by atoms with E-state index >= 15 is 0 Å². The minimum absolute atomic E-state index is 0.138. The molecule has 3 heteroatoms. The van der Waals surface area contributed by atoms with E-state index in [1.54, 1.807) is 0 Å². The highest BCUT2D eigenvalue weighted by Gasteiger charge is 2.03. The lowest BCUT2D eigenvalue weighted by molar-refractivity contribution is 0.925. The number of anilines is 1. The van der Waals surface area contributed by atoms with Crippen LogP contribution in [0.4, 0.5) is 9.57 Å². The maximum Gasteiger partial charge on any atom is 0.166 e. The summed E-state index contributed by atoms with van der Waals surface area (Å²) >= 11 is 0.138. The van der Waals surface area contributed by atoms with Gasteiger partial charge in [-0.05, 0) is 12.1 Å². The summed E-state index contributed by atoms with van der Waals surface area (Å²) in [5, 5.41) is 0. The van der Waals surface area contributed by atoms with Crippen LogP contribution in [0.15, 0.2) is 30.3 Å². The van der Waals surface area contributed by atoms with Gasteiger partial charge in [0.1, 0.15) is 0 Å². The van der Waals surface area contributed by atoms with E-state index in [0.29, 0.717) is 0 Å². The van der Waals surface area contributed by atoms with Crippen LogP contribution in [0.25, 0.3) is 0 Å². The van der Waals surface area contributed by atoms with E-state index in [0.717, 1.165) is 5.69 Å². The van der Waals surface area contributed by atoms with Gasteiger partial charge in [0.15, 0.2) is 12.3 Å². The average Bonchev–Trinajstić information content (AvgIpc) is 2.15. The molecule has 0 unspecified atom stereocenters. The Hall–Kier alpha value is -1.14. The molecule has 12 heavy (non-hydrogen) atoms. The minimum atomic E-state index is 0.138. The van der Waals surface area contributed by atoms with Crippen LogP contribution in [0.2, 0.25) is 0 Å². The molecule has 62 valence electrons. The van der Waals surface area contributed by atoms with Crippen molar-refractivity contribution in [3.05, 3.63) is 30.3 Å². The molecule has 0 saturated carbocycles. The number of benzene rings is 1. The Labute approximate surface area is 76.0 Å². The van der Waals surface area contributed by atoms with Crippen LogP contribution in [0.1, 0.15) is 0 Å². The zero-order valence-electron chi connectivity index (χ0n) is 6.40. The molecular formula is C9H8FNS. The Balaban J connectivity index is 2.75. The maximum absolute atomic E-state index is 12.3. The molecule has 0 aliphatic heterocycles.